The molecule has 1 heterocycles. The number of ether oxygens (including phenoxy) is 1. The maximum Gasteiger partial charge on any atom is 0.340 e. The fourth-order valence-electron chi connectivity index (χ4n) is 2.03. The first-order valence-electron chi connectivity index (χ1n) is 5.50. The molecule has 0 N–H and O–H groups in total. The van der Waals surface area contributed by atoms with Crippen molar-refractivity contribution in [3.05, 3.63) is 35.5 Å². The number of aromatic nitrogens is 1. The minimum absolute atomic E-state index is 0.291. The third kappa shape index (κ3) is 1.91. The maximum absolute atomic E-state index is 12.0. The van der Waals surface area contributed by atoms with Gasteiger partial charge in [-0.25, -0.2) is 4.79 Å². The SMILES string of the molecule is CCOC(=O)c1c(CCl)n(C)c2ccccc12. The number of esters is 1. The molecule has 0 aliphatic rings. The van der Waals surface area contributed by atoms with Crippen LogP contribution in [0.4, 0.5) is 0 Å². The fraction of sp³-hybridized carbons (Fsp3) is 0.308. The molecular formula is C13H14ClNO2. The first kappa shape index (κ1) is 12.0. The van der Waals surface area contributed by atoms with E-state index < -0.39 is 0 Å². The van der Waals surface area contributed by atoms with E-state index >= 15 is 0 Å². The number of benzene rings is 1. The number of aryl methyl sites for hydroxylation is 1. The molecule has 2 aromatic rings. The molecule has 0 aliphatic heterocycles. The summed E-state index contributed by atoms with van der Waals surface area (Å²) in [5.74, 6) is -0.0146. The molecule has 0 spiro atoms. The number of nitrogens with zero attached hydrogens (tertiary/aromatic N) is 1. The van der Waals surface area contributed by atoms with E-state index in [2.05, 4.69) is 0 Å². The molecule has 0 saturated carbocycles. The molecule has 0 aliphatic carbocycles. The Morgan fingerprint density at radius 2 is 2.12 bits per heavy atom. The summed E-state index contributed by atoms with van der Waals surface area (Å²) in [6.07, 6.45) is 0. The third-order valence-corrected chi connectivity index (χ3v) is 3.09. The molecule has 0 amide bonds. The zero-order valence-electron chi connectivity index (χ0n) is 9.87. The van der Waals surface area contributed by atoms with E-state index in [4.69, 9.17) is 16.3 Å². The summed E-state index contributed by atoms with van der Waals surface area (Å²) in [4.78, 5) is 12.0. The van der Waals surface area contributed by atoms with Crippen molar-refractivity contribution in [2.75, 3.05) is 6.61 Å². The lowest BCUT2D eigenvalue weighted by Gasteiger charge is -2.03. The van der Waals surface area contributed by atoms with Crippen LogP contribution in [0.3, 0.4) is 0 Å². The van der Waals surface area contributed by atoms with Gasteiger partial charge in [0, 0.05) is 23.6 Å². The quantitative estimate of drug-likeness (QED) is 0.620. The predicted molar refractivity (Wildman–Crippen MR) is 68.4 cm³/mol. The summed E-state index contributed by atoms with van der Waals surface area (Å²) in [6.45, 7) is 2.16. The first-order valence-corrected chi connectivity index (χ1v) is 6.03. The Kier molecular flexibility index (Phi) is 3.38. The Bertz CT molecular complexity index is 560. The highest BCUT2D eigenvalue weighted by Gasteiger charge is 2.20. The molecule has 0 atom stereocenters. The Hall–Kier alpha value is -1.48. The average molecular weight is 252 g/mol. The van der Waals surface area contributed by atoms with Gasteiger partial charge in [-0.15, -0.1) is 11.6 Å². The fourth-order valence-corrected chi connectivity index (χ4v) is 2.35. The number of hydrogen-bond donors (Lipinski definition) is 0. The zero-order valence-corrected chi connectivity index (χ0v) is 10.6. The number of para-hydroxylation sites is 1. The van der Waals surface area contributed by atoms with Crippen molar-refractivity contribution in [1.82, 2.24) is 4.57 Å². The molecule has 3 nitrogen and oxygen atoms in total. The minimum Gasteiger partial charge on any atom is -0.462 e. The molecule has 1 aromatic heterocycles. The number of rotatable bonds is 3. The molecule has 17 heavy (non-hydrogen) atoms. The van der Waals surface area contributed by atoms with Crippen LogP contribution >= 0.6 is 11.6 Å². The van der Waals surface area contributed by atoms with Gasteiger partial charge in [-0.3, -0.25) is 0 Å². The lowest BCUT2D eigenvalue weighted by Crippen LogP contribution is -2.07. The lowest BCUT2D eigenvalue weighted by atomic mass is 10.1. The summed E-state index contributed by atoms with van der Waals surface area (Å²) in [6, 6.07) is 7.73. The number of alkyl halides is 1. The molecule has 2 rings (SSSR count). The van der Waals surface area contributed by atoms with Crippen LogP contribution in [0.1, 0.15) is 23.0 Å². The van der Waals surface area contributed by atoms with E-state index in [1.54, 1.807) is 6.92 Å². The lowest BCUT2D eigenvalue weighted by molar-refractivity contribution is 0.0527. The highest BCUT2D eigenvalue weighted by molar-refractivity contribution is 6.18. The minimum atomic E-state index is -0.306. The highest BCUT2D eigenvalue weighted by Crippen LogP contribution is 2.27. The van der Waals surface area contributed by atoms with E-state index in [0.29, 0.717) is 18.1 Å². The van der Waals surface area contributed by atoms with Gasteiger partial charge in [0.05, 0.1) is 18.1 Å². The van der Waals surface area contributed by atoms with Crippen molar-refractivity contribution in [2.24, 2.45) is 7.05 Å². The van der Waals surface area contributed by atoms with Gasteiger partial charge >= 0.3 is 5.97 Å². The van der Waals surface area contributed by atoms with Crippen LogP contribution in [0.25, 0.3) is 10.9 Å². The smallest absolute Gasteiger partial charge is 0.340 e. The van der Waals surface area contributed by atoms with Gasteiger partial charge in [0.1, 0.15) is 0 Å². The van der Waals surface area contributed by atoms with Gasteiger partial charge in [0.2, 0.25) is 0 Å². The van der Waals surface area contributed by atoms with Gasteiger partial charge in [-0.1, -0.05) is 18.2 Å². The Labute approximate surface area is 105 Å². The predicted octanol–water partition coefficient (Wildman–Crippen LogP) is 3.09. The number of carbonyl (C=O) groups excluding carboxylic acids is 1. The summed E-state index contributed by atoms with van der Waals surface area (Å²) in [7, 11) is 1.91. The molecule has 1 aromatic carbocycles. The first-order chi connectivity index (χ1) is 8.20. The Balaban J connectivity index is 2.71. The van der Waals surface area contributed by atoms with Gasteiger partial charge in [-0.05, 0) is 13.0 Å². The van der Waals surface area contributed by atoms with E-state index in [9.17, 15) is 4.79 Å². The molecule has 0 fully saturated rings. The second kappa shape index (κ2) is 4.80. The maximum atomic E-state index is 12.0. The van der Waals surface area contributed by atoms with Crippen LogP contribution in [0.2, 0.25) is 0 Å². The number of fused-ring (bicyclic) bond motifs is 1. The summed E-state index contributed by atoms with van der Waals surface area (Å²) < 4.78 is 7.02. The third-order valence-electron chi connectivity index (χ3n) is 2.83. The summed E-state index contributed by atoms with van der Waals surface area (Å²) in [5.41, 5.74) is 2.37. The summed E-state index contributed by atoms with van der Waals surface area (Å²) >= 11 is 5.92. The van der Waals surface area contributed by atoms with Crippen molar-refractivity contribution in [3.8, 4) is 0 Å². The molecule has 0 saturated heterocycles. The van der Waals surface area contributed by atoms with E-state index in [1.807, 2.05) is 35.9 Å². The number of hydrogen-bond acceptors (Lipinski definition) is 2. The second-order valence-corrected chi connectivity index (χ2v) is 4.02. The van der Waals surface area contributed by atoms with Crippen molar-refractivity contribution in [3.63, 3.8) is 0 Å². The highest BCUT2D eigenvalue weighted by atomic mass is 35.5. The van der Waals surface area contributed by atoms with Crippen LogP contribution in [-0.4, -0.2) is 17.1 Å². The van der Waals surface area contributed by atoms with Crippen molar-refractivity contribution >= 4 is 28.5 Å². The zero-order chi connectivity index (χ0) is 12.4. The van der Waals surface area contributed by atoms with Crippen LogP contribution in [0.5, 0.6) is 0 Å². The normalized spacial score (nSPS) is 10.8. The Morgan fingerprint density at radius 1 is 1.41 bits per heavy atom. The number of halogens is 1. The van der Waals surface area contributed by atoms with Crippen molar-refractivity contribution in [2.45, 2.75) is 12.8 Å². The molecule has 4 heteroatoms. The van der Waals surface area contributed by atoms with Crippen molar-refractivity contribution in [1.29, 1.82) is 0 Å². The van der Waals surface area contributed by atoms with Crippen LogP contribution in [0, 0.1) is 0 Å². The van der Waals surface area contributed by atoms with Crippen LogP contribution in [-0.2, 0) is 17.7 Å². The largest absolute Gasteiger partial charge is 0.462 e. The standard InChI is InChI=1S/C13H14ClNO2/c1-3-17-13(16)12-9-6-4-5-7-10(9)15(2)11(12)8-14/h4-7H,3,8H2,1-2H3. The molecule has 90 valence electrons. The van der Waals surface area contributed by atoms with Crippen LogP contribution < -0.4 is 0 Å². The molecular weight excluding hydrogens is 238 g/mol. The average Bonchev–Trinajstić information content (AvgIpc) is 2.63. The van der Waals surface area contributed by atoms with E-state index in [0.717, 1.165) is 16.6 Å². The monoisotopic (exact) mass is 251 g/mol. The van der Waals surface area contributed by atoms with E-state index in [-0.39, 0.29) is 5.97 Å². The molecule has 0 unspecified atom stereocenters. The van der Waals surface area contributed by atoms with Crippen LogP contribution in [0.15, 0.2) is 24.3 Å². The summed E-state index contributed by atoms with van der Waals surface area (Å²) in [5, 5.41) is 0.893. The van der Waals surface area contributed by atoms with Gasteiger partial charge in [0.25, 0.3) is 0 Å². The Morgan fingerprint density at radius 3 is 2.76 bits per heavy atom. The van der Waals surface area contributed by atoms with Gasteiger partial charge in [-0.2, -0.15) is 0 Å². The molecule has 0 radical (unpaired) electrons. The second-order valence-electron chi connectivity index (χ2n) is 3.75. The van der Waals surface area contributed by atoms with Gasteiger partial charge < -0.3 is 9.30 Å². The van der Waals surface area contributed by atoms with E-state index in [1.165, 1.54) is 0 Å². The molecule has 0 bridgehead atoms. The topological polar surface area (TPSA) is 31.2 Å². The van der Waals surface area contributed by atoms with Gasteiger partial charge in [0.15, 0.2) is 0 Å². The van der Waals surface area contributed by atoms with Crippen molar-refractivity contribution < 1.29 is 9.53 Å². The number of carbonyl (C=O) groups is 1.